The van der Waals surface area contributed by atoms with Gasteiger partial charge in [0.1, 0.15) is 11.4 Å². The summed E-state index contributed by atoms with van der Waals surface area (Å²) in [6.45, 7) is 11.1. The highest BCUT2D eigenvalue weighted by molar-refractivity contribution is 5.83. The average Bonchev–Trinajstić information content (AvgIpc) is 2.85. The molecule has 2 aliphatic carbocycles. The first-order chi connectivity index (χ1) is 17.1. The number of rotatable bonds is 2. The maximum Gasteiger partial charge on any atom is 0.410 e. The molecule has 190 valence electrons. The molecule has 1 aromatic heterocycles. The van der Waals surface area contributed by atoms with Gasteiger partial charge in [0, 0.05) is 41.0 Å². The Morgan fingerprint density at radius 2 is 1.89 bits per heavy atom. The number of ketones is 1. The van der Waals surface area contributed by atoms with Gasteiger partial charge in [-0.25, -0.2) is 14.8 Å². The van der Waals surface area contributed by atoms with E-state index in [4.69, 9.17) is 14.7 Å². The molecule has 1 fully saturated rings. The number of aromatic nitrogens is 2. The lowest BCUT2D eigenvalue weighted by atomic mass is 9.56. The second-order valence-electron chi connectivity index (χ2n) is 11.8. The minimum absolute atomic E-state index is 0.0482. The van der Waals surface area contributed by atoms with Gasteiger partial charge >= 0.3 is 6.09 Å². The summed E-state index contributed by atoms with van der Waals surface area (Å²) in [6, 6.07) is 10.3. The van der Waals surface area contributed by atoms with Crippen LogP contribution >= 0.6 is 0 Å². The molecule has 6 nitrogen and oxygen atoms in total. The fourth-order valence-corrected chi connectivity index (χ4v) is 6.29. The summed E-state index contributed by atoms with van der Waals surface area (Å²) in [6.07, 6.45) is 5.87. The molecular formula is C30H37N3O3. The maximum atomic E-state index is 12.8. The first kappa shape index (κ1) is 24.7. The lowest BCUT2D eigenvalue weighted by Gasteiger charge is -2.48. The number of fused-ring (bicyclic) bond motifs is 3. The first-order valence-electron chi connectivity index (χ1n) is 13.2. The molecule has 1 amide bonds. The van der Waals surface area contributed by atoms with Crippen molar-refractivity contribution in [1.82, 2.24) is 14.9 Å². The Labute approximate surface area is 214 Å². The summed E-state index contributed by atoms with van der Waals surface area (Å²) in [5, 5.41) is 0. The van der Waals surface area contributed by atoms with Gasteiger partial charge < -0.3 is 9.64 Å². The van der Waals surface area contributed by atoms with Gasteiger partial charge in [0.25, 0.3) is 0 Å². The molecule has 0 saturated heterocycles. The fraction of sp³-hybridized carbons (Fsp3) is 0.533. The van der Waals surface area contributed by atoms with Gasteiger partial charge in [0.05, 0.1) is 17.9 Å². The summed E-state index contributed by atoms with van der Waals surface area (Å²) < 4.78 is 5.64. The van der Waals surface area contributed by atoms with Crippen LogP contribution in [0.1, 0.15) is 77.4 Å². The number of benzene rings is 1. The zero-order valence-electron chi connectivity index (χ0n) is 22.1. The average molecular weight is 488 g/mol. The largest absolute Gasteiger partial charge is 0.444 e. The molecule has 2 heterocycles. The summed E-state index contributed by atoms with van der Waals surface area (Å²) in [5.74, 6) is 1.40. The van der Waals surface area contributed by atoms with Gasteiger partial charge in [-0.05, 0) is 52.4 Å². The molecule has 1 aromatic carbocycles. The number of hydrogen-bond donors (Lipinski definition) is 0. The Morgan fingerprint density at radius 3 is 2.61 bits per heavy atom. The fourth-order valence-electron chi connectivity index (χ4n) is 6.29. The SMILES string of the molecule is C[C@H]1C(=O)CC[C@@]2(C)c3nc(C4=CCCN(C(=O)OC(C)(C)C)C4)nc(-c4ccccc4)c3CC[C@H]12. The molecule has 3 atom stereocenters. The second-order valence-corrected chi connectivity index (χ2v) is 11.8. The second kappa shape index (κ2) is 9.13. The quantitative estimate of drug-likeness (QED) is 0.520. The van der Waals surface area contributed by atoms with Crippen LogP contribution in [0.4, 0.5) is 4.79 Å². The van der Waals surface area contributed by atoms with Gasteiger partial charge in [-0.15, -0.1) is 0 Å². The van der Waals surface area contributed by atoms with Crippen LogP contribution in [0.15, 0.2) is 36.4 Å². The molecule has 0 bridgehead atoms. The highest BCUT2D eigenvalue weighted by Crippen LogP contribution is 2.52. The molecule has 1 saturated carbocycles. The third-order valence-corrected chi connectivity index (χ3v) is 8.21. The van der Waals surface area contributed by atoms with Crippen LogP contribution in [0.5, 0.6) is 0 Å². The maximum absolute atomic E-state index is 12.8. The van der Waals surface area contributed by atoms with E-state index in [1.54, 1.807) is 4.90 Å². The van der Waals surface area contributed by atoms with Gasteiger partial charge in [-0.1, -0.05) is 50.3 Å². The summed E-state index contributed by atoms with van der Waals surface area (Å²) in [4.78, 5) is 37.5. The van der Waals surface area contributed by atoms with E-state index in [0.29, 0.717) is 31.1 Å². The van der Waals surface area contributed by atoms with E-state index in [9.17, 15) is 9.59 Å². The minimum Gasteiger partial charge on any atom is -0.444 e. The van der Waals surface area contributed by atoms with Crippen LogP contribution in [0.3, 0.4) is 0 Å². The monoisotopic (exact) mass is 487 g/mol. The lowest BCUT2D eigenvalue weighted by Crippen LogP contribution is -2.47. The number of Topliss-reactive ketones (excluding diaryl/α,β-unsaturated/α-hetero) is 1. The Bertz CT molecular complexity index is 1210. The van der Waals surface area contributed by atoms with Crippen molar-refractivity contribution in [1.29, 1.82) is 0 Å². The predicted octanol–water partition coefficient (Wildman–Crippen LogP) is 5.99. The number of hydrogen-bond acceptors (Lipinski definition) is 5. The van der Waals surface area contributed by atoms with Crippen LogP contribution < -0.4 is 0 Å². The Balaban J connectivity index is 1.59. The number of carbonyl (C=O) groups excluding carboxylic acids is 2. The summed E-state index contributed by atoms with van der Waals surface area (Å²) in [5.41, 5.74) is 4.62. The molecule has 2 aromatic rings. The van der Waals surface area contributed by atoms with Crippen molar-refractivity contribution in [3.8, 4) is 11.3 Å². The van der Waals surface area contributed by atoms with Gasteiger partial charge in [-0.2, -0.15) is 0 Å². The number of amides is 1. The molecule has 0 unspecified atom stereocenters. The van der Waals surface area contributed by atoms with Crippen molar-refractivity contribution in [2.75, 3.05) is 13.1 Å². The third-order valence-electron chi connectivity index (χ3n) is 8.21. The van der Waals surface area contributed by atoms with Crippen molar-refractivity contribution >= 4 is 17.4 Å². The summed E-state index contributed by atoms with van der Waals surface area (Å²) >= 11 is 0. The van der Waals surface area contributed by atoms with E-state index in [-0.39, 0.29) is 23.3 Å². The smallest absolute Gasteiger partial charge is 0.410 e. The lowest BCUT2D eigenvalue weighted by molar-refractivity contribution is -0.128. The predicted molar refractivity (Wildman–Crippen MR) is 140 cm³/mol. The van der Waals surface area contributed by atoms with Crippen molar-refractivity contribution in [2.45, 2.75) is 77.7 Å². The molecule has 3 aliphatic rings. The van der Waals surface area contributed by atoms with E-state index in [1.807, 2.05) is 39.0 Å². The van der Waals surface area contributed by atoms with Crippen LogP contribution in [-0.4, -0.2) is 45.4 Å². The van der Waals surface area contributed by atoms with E-state index < -0.39 is 5.60 Å². The zero-order valence-corrected chi connectivity index (χ0v) is 22.1. The topological polar surface area (TPSA) is 72.4 Å². The van der Waals surface area contributed by atoms with Crippen molar-refractivity contribution in [3.05, 3.63) is 53.5 Å². The van der Waals surface area contributed by atoms with Crippen molar-refractivity contribution in [3.63, 3.8) is 0 Å². The van der Waals surface area contributed by atoms with Gasteiger partial charge in [-0.3, -0.25) is 4.79 Å². The number of nitrogens with zero attached hydrogens (tertiary/aromatic N) is 3. The normalized spacial score (nSPS) is 26.1. The molecule has 6 heteroatoms. The summed E-state index contributed by atoms with van der Waals surface area (Å²) in [7, 11) is 0. The van der Waals surface area contributed by atoms with Crippen LogP contribution in [0.2, 0.25) is 0 Å². The first-order valence-corrected chi connectivity index (χ1v) is 13.2. The minimum atomic E-state index is -0.542. The van der Waals surface area contributed by atoms with Gasteiger partial charge in [0.2, 0.25) is 0 Å². The van der Waals surface area contributed by atoms with Gasteiger partial charge in [0.15, 0.2) is 5.82 Å². The highest BCUT2D eigenvalue weighted by Gasteiger charge is 2.49. The van der Waals surface area contributed by atoms with E-state index >= 15 is 0 Å². The zero-order chi connectivity index (χ0) is 25.7. The molecule has 0 spiro atoms. The molecule has 1 aliphatic heterocycles. The van der Waals surface area contributed by atoms with Crippen LogP contribution in [0.25, 0.3) is 16.8 Å². The molecule has 5 rings (SSSR count). The Morgan fingerprint density at radius 1 is 1.14 bits per heavy atom. The Hall–Kier alpha value is -3.02. The number of ether oxygens (including phenoxy) is 1. The Kier molecular flexibility index (Phi) is 6.26. The van der Waals surface area contributed by atoms with Crippen molar-refractivity contribution in [2.24, 2.45) is 11.8 Å². The van der Waals surface area contributed by atoms with Crippen LogP contribution in [0, 0.1) is 11.8 Å². The standard InChI is InChI=1S/C30H37N3O3/c1-19-23-14-13-22-25(20-10-7-6-8-11-20)31-27(32-26(22)30(23,5)16-15-24(19)34)21-12-9-17-33(18-21)28(35)36-29(2,3)4/h6-8,10-12,19,23H,9,13-18H2,1-5H3/t19-,23-,30-/m1/s1. The van der Waals surface area contributed by atoms with Crippen LogP contribution in [-0.2, 0) is 21.4 Å². The molecule has 36 heavy (non-hydrogen) atoms. The van der Waals surface area contributed by atoms with Crippen molar-refractivity contribution < 1.29 is 14.3 Å². The molecular weight excluding hydrogens is 450 g/mol. The van der Waals surface area contributed by atoms with E-state index in [1.165, 1.54) is 5.56 Å². The third kappa shape index (κ3) is 4.46. The van der Waals surface area contributed by atoms with E-state index in [0.717, 1.165) is 48.2 Å². The van der Waals surface area contributed by atoms with E-state index in [2.05, 4.69) is 32.1 Å². The molecule has 0 N–H and O–H groups in total. The number of carbonyl (C=O) groups is 2. The molecule has 0 radical (unpaired) electrons. The highest BCUT2D eigenvalue weighted by atomic mass is 16.6.